The fourth-order valence-corrected chi connectivity index (χ4v) is 2.80. The Morgan fingerprint density at radius 2 is 2.18 bits per heavy atom. The molecule has 2 rings (SSSR count). The van der Waals surface area contributed by atoms with Crippen molar-refractivity contribution in [2.24, 2.45) is 5.92 Å². The van der Waals surface area contributed by atoms with Gasteiger partial charge < -0.3 is 10.4 Å². The number of hydrogen-bond donors (Lipinski definition) is 2. The third-order valence-electron chi connectivity index (χ3n) is 3.70. The number of fused-ring (bicyclic) bond motifs is 1. The van der Waals surface area contributed by atoms with Crippen molar-refractivity contribution in [2.45, 2.75) is 45.3 Å². The second-order valence-corrected chi connectivity index (χ2v) is 5.21. The highest BCUT2D eigenvalue weighted by Crippen LogP contribution is 2.35. The molecule has 1 aromatic carbocycles. The molecule has 0 bridgehead atoms. The Balaban J connectivity index is 1.97. The maximum absolute atomic E-state index is 9.78. The quantitative estimate of drug-likeness (QED) is 0.819. The Morgan fingerprint density at radius 3 is 2.94 bits per heavy atom. The number of nitrogens with one attached hydrogen (secondary N) is 1. The molecule has 1 aliphatic carbocycles. The molecule has 0 heterocycles. The van der Waals surface area contributed by atoms with Gasteiger partial charge in [0.05, 0.1) is 6.10 Å². The van der Waals surface area contributed by atoms with Crippen LogP contribution in [0.1, 0.15) is 43.9 Å². The molecule has 2 heteroatoms. The Morgan fingerprint density at radius 1 is 1.41 bits per heavy atom. The van der Waals surface area contributed by atoms with E-state index in [4.69, 9.17) is 0 Å². The summed E-state index contributed by atoms with van der Waals surface area (Å²) in [4.78, 5) is 0. The minimum atomic E-state index is -0.208. The lowest BCUT2D eigenvalue weighted by Gasteiger charge is -2.21. The largest absolute Gasteiger partial charge is 0.392 e. The zero-order valence-electron chi connectivity index (χ0n) is 10.8. The van der Waals surface area contributed by atoms with E-state index in [1.165, 1.54) is 11.1 Å². The summed E-state index contributed by atoms with van der Waals surface area (Å²) >= 11 is 0. The molecule has 1 aliphatic rings. The van der Waals surface area contributed by atoms with E-state index in [-0.39, 0.29) is 6.10 Å². The van der Waals surface area contributed by atoms with Crippen LogP contribution < -0.4 is 5.32 Å². The van der Waals surface area contributed by atoms with Crippen LogP contribution in [-0.4, -0.2) is 17.8 Å². The highest BCUT2D eigenvalue weighted by Gasteiger charge is 2.28. The first-order chi connectivity index (χ1) is 8.22. The molecule has 17 heavy (non-hydrogen) atoms. The number of hydrogen-bond acceptors (Lipinski definition) is 2. The molecule has 2 nitrogen and oxygen atoms in total. The van der Waals surface area contributed by atoms with Gasteiger partial charge in [0.25, 0.3) is 0 Å². The second-order valence-electron chi connectivity index (χ2n) is 5.21. The van der Waals surface area contributed by atoms with E-state index < -0.39 is 0 Å². The summed E-state index contributed by atoms with van der Waals surface area (Å²) in [6.45, 7) is 5.10. The number of aliphatic hydroxyl groups is 1. The molecule has 0 spiro atoms. The highest BCUT2D eigenvalue weighted by atomic mass is 16.3. The van der Waals surface area contributed by atoms with Gasteiger partial charge in [-0.15, -0.1) is 0 Å². The van der Waals surface area contributed by atoms with Gasteiger partial charge in [0.2, 0.25) is 0 Å². The Kier molecular flexibility index (Phi) is 4.19. The standard InChI is InChI=1S/C15H23NO/c1-3-6-13(17)10-16-15-11(2)9-12-7-4-5-8-14(12)15/h4-5,7-8,11,13,15-17H,3,6,9-10H2,1-2H3. The third-order valence-corrected chi connectivity index (χ3v) is 3.70. The van der Waals surface area contributed by atoms with E-state index in [0.29, 0.717) is 18.5 Å². The van der Waals surface area contributed by atoms with Crippen molar-refractivity contribution < 1.29 is 5.11 Å². The van der Waals surface area contributed by atoms with E-state index in [1.54, 1.807) is 0 Å². The lowest BCUT2D eigenvalue weighted by Crippen LogP contribution is -2.31. The van der Waals surface area contributed by atoms with Crippen LogP contribution in [0.3, 0.4) is 0 Å². The number of aliphatic hydroxyl groups excluding tert-OH is 1. The van der Waals surface area contributed by atoms with Crippen LogP contribution in [0, 0.1) is 5.92 Å². The lowest BCUT2D eigenvalue weighted by molar-refractivity contribution is 0.153. The topological polar surface area (TPSA) is 32.3 Å². The number of benzene rings is 1. The first-order valence-corrected chi connectivity index (χ1v) is 6.71. The zero-order valence-corrected chi connectivity index (χ0v) is 10.8. The van der Waals surface area contributed by atoms with Crippen molar-refractivity contribution in [3.05, 3.63) is 35.4 Å². The van der Waals surface area contributed by atoms with Crippen molar-refractivity contribution in [1.29, 1.82) is 0 Å². The first kappa shape index (κ1) is 12.6. The van der Waals surface area contributed by atoms with Crippen molar-refractivity contribution in [3.63, 3.8) is 0 Å². The average molecular weight is 233 g/mol. The molecule has 3 unspecified atom stereocenters. The van der Waals surface area contributed by atoms with Gasteiger partial charge in [-0.05, 0) is 29.9 Å². The summed E-state index contributed by atoms with van der Waals surface area (Å²) in [5, 5.41) is 13.3. The van der Waals surface area contributed by atoms with Gasteiger partial charge in [0.15, 0.2) is 0 Å². The van der Waals surface area contributed by atoms with E-state index in [1.807, 2.05) is 0 Å². The van der Waals surface area contributed by atoms with E-state index >= 15 is 0 Å². The lowest BCUT2D eigenvalue weighted by atomic mass is 10.0. The average Bonchev–Trinajstić information content (AvgIpc) is 2.62. The molecule has 0 radical (unpaired) electrons. The minimum Gasteiger partial charge on any atom is -0.392 e. The summed E-state index contributed by atoms with van der Waals surface area (Å²) in [5.74, 6) is 0.626. The van der Waals surface area contributed by atoms with Crippen LogP contribution in [-0.2, 0) is 6.42 Å². The van der Waals surface area contributed by atoms with Crippen LogP contribution in [0.4, 0.5) is 0 Å². The molecule has 2 N–H and O–H groups in total. The van der Waals surface area contributed by atoms with Crippen molar-refractivity contribution >= 4 is 0 Å². The smallest absolute Gasteiger partial charge is 0.0664 e. The molecule has 0 aliphatic heterocycles. The van der Waals surface area contributed by atoms with Crippen molar-refractivity contribution in [2.75, 3.05) is 6.54 Å². The van der Waals surface area contributed by atoms with E-state index in [0.717, 1.165) is 19.3 Å². The Hall–Kier alpha value is -0.860. The Bertz CT molecular complexity index is 364. The fraction of sp³-hybridized carbons (Fsp3) is 0.600. The summed E-state index contributed by atoms with van der Waals surface area (Å²) in [7, 11) is 0. The molecule has 0 saturated carbocycles. The van der Waals surface area contributed by atoms with E-state index in [9.17, 15) is 5.11 Å². The molecule has 0 aromatic heterocycles. The second kappa shape index (κ2) is 5.65. The maximum atomic E-state index is 9.78. The van der Waals surface area contributed by atoms with Gasteiger partial charge in [0.1, 0.15) is 0 Å². The molecule has 94 valence electrons. The normalized spacial score (nSPS) is 24.6. The molecular formula is C15H23NO. The van der Waals surface area contributed by atoms with Gasteiger partial charge in [-0.25, -0.2) is 0 Å². The van der Waals surface area contributed by atoms with Crippen LogP contribution in [0.5, 0.6) is 0 Å². The van der Waals surface area contributed by atoms with Gasteiger partial charge in [-0.1, -0.05) is 44.5 Å². The number of rotatable bonds is 5. The monoisotopic (exact) mass is 233 g/mol. The molecule has 3 atom stereocenters. The predicted octanol–water partition coefficient (Wildman–Crippen LogP) is 2.67. The molecule has 1 aromatic rings. The fourth-order valence-electron chi connectivity index (χ4n) is 2.80. The van der Waals surface area contributed by atoms with Crippen LogP contribution in [0.15, 0.2) is 24.3 Å². The van der Waals surface area contributed by atoms with Gasteiger partial charge in [-0.3, -0.25) is 0 Å². The van der Waals surface area contributed by atoms with Crippen LogP contribution in [0.2, 0.25) is 0 Å². The first-order valence-electron chi connectivity index (χ1n) is 6.71. The zero-order chi connectivity index (χ0) is 12.3. The highest BCUT2D eigenvalue weighted by molar-refractivity contribution is 5.35. The molecule has 0 amide bonds. The van der Waals surface area contributed by atoms with Crippen molar-refractivity contribution in [1.82, 2.24) is 5.32 Å². The van der Waals surface area contributed by atoms with Crippen LogP contribution in [0.25, 0.3) is 0 Å². The van der Waals surface area contributed by atoms with Crippen LogP contribution >= 0.6 is 0 Å². The predicted molar refractivity (Wildman–Crippen MR) is 71.0 cm³/mol. The Labute approximate surface area is 104 Å². The van der Waals surface area contributed by atoms with E-state index in [2.05, 4.69) is 43.4 Å². The van der Waals surface area contributed by atoms with Gasteiger partial charge >= 0.3 is 0 Å². The molecular weight excluding hydrogens is 210 g/mol. The molecule has 0 fully saturated rings. The van der Waals surface area contributed by atoms with Crippen molar-refractivity contribution in [3.8, 4) is 0 Å². The maximum Gasteiger partial charge on any atom is 0.0664 e. The van der Waals surface area contributed by atoms with Gasteiger partial charge in [0, 0.05) is 12.6 Å². The molecule has 0 saturated heterocycles. The summed E-state index contributed by atoms with van der Waals surface area (Å²) < 4.78 is 0. The SMILES string of the molecule is CCCC(O)CNC1c2ccccc2CC1C. The third kappa shape index (κ3) is 2.88. The summed E-state index contributed by atoms with van der Waals surface area (Å²) in [5.41, 5.74) is 2.88. The van der Waals surface area contributed by atoms with Gasteiger partial charge in [-0.2, -0.15) is 0 Å². The minimum absolute atomic E-state index is 0.208. The summed E-state index contributed by atoms with van der Waals surface area (Å²) in [6.07, 6.45) is 2.87. The summed E-state index contributed by atoms with van der Waals surface area (Å²) in [6, 6.07) is 9.06.